The summed E-state index contributed by atoms with van der Waals surface area (Å²) in [5, 5.41) is 2.25. The molecule has 0 aromatic heterocycles. The van der Waals surface area contributed by atoms with Crippen LogP contribution in [0.4, 0.5) is 10.5 Å². The molecule has 0 spiro atoms. The van der Waals surface area contributed by atoms with Gasteiger partial charge in [0.25, 0.3) is 11.1 Å². The monoisotopic (exact) mass is 486 g/mol. The first-order valence-electron chi connectivity index (χ1n) is 10.3. The van der Waals surface area contributed by atoms with Crippen LogP contribution >= 0.6 is 23.5 Å². The van der Waals surface area contributed by atoms with Gasteiger partial charge in [0.15, 0.2) is 11.5 Å². The van der Waals surface area contributed by atoms with Crippen molar-refractivity contribution in [1.82, 2.24) is 4.90 Å². The summed E-state index contributed by atoms with van der Waals surface area (Å²) in [7, 11) is 1.54. The zero-order valence-corrected chi connectivity index (χ0v) is 20.5. The van der Waals surface area contributed by atoms with E-state index in [4.69, 9.17) is 9.47 Å². The minimum atomic E-state index is -0.503. The lowest BCUT2D eigenvalue weighted by atomic mass is 10.1. The highest BCUT2D eigenvalue weighted by Gasteiger charge is 2.36. The van der Waals surface area contributed by atoms with Crippen LogP contribution in [0.3, 0.4) is 0 Å². The zero-order chi connectivity index (χ0) is 24.0. The molecular formula is C24H26N2O5S2. The lowest BCUT2D eigenvalue weighted by molar-refractivity contribution is -0.127. The van der Waals surface area contributed by atoms with Crippen molar-refractivity contribution >= 4 is 52.3 Å². The Hall–Kier alpha value is -2.91. The Morgan fingerprint density at radius 1 is 1.18 bits per heavy atom. The molecule has 7 nitrogen and oxygen atoms in total. The highest BCUT2D eigenvalue weighted by atomic mass is 32.2. The molecule has 1 aliphatic heterocycles. The van der Waals surface area contributed by atoms with Gasteiger partial charge in [0.1, 0.15) is 6.54 Å². The number of nitrogens with one attached hydrogen (secondary N) is 1. The Balaban J connectivity index is 1.69. The zero-order valence-electron chi connectivity index (χ0n) is 18.9. The normalized spacial score (nSPS) is 14.8. The molecule has 0 radical (unpaired) electrons. The number of carbonyl (C=O) groups excluding carboxylic acids is 3. The van der Waals surface area contributed by atoms with Gasteiger partial charge >= 0.3 is 0 Å². The van der Waals surface area contributed by atoms with Gasteiger partial charge in [-0.3, -0.25) is 19.3 Å². The summed E-state index contributed by atoms with van der Waals surface area (Å²) in [4.78, 5) is 39.8. The molecule has 1 saturated heterocycles. The first-order chi connectivity index (χ1) is 15.8. The molecule has 9 heteroatoms. The van der Waals surface area contributed by atoms with E-state index in [-0.39, 0.29) is 11.4 Å². The minimum Gasteiger partial charge on any atom is -0.493 e. The maximum absolute atomic E-state index is 12.8. The van der Waals surface area contributed by atoms with E-state index in [1.165, 1.54) is 0 Å². The summed E-state index contributed by atoms with van der Waals surface area (Å²) in [5.41, 5.74) is 1.30. The molecule has 0 bridgehead atoms. The molecule has 3 rings (SSSR count). The average molecular weight is 487 g/mol. The number of hydrogen-bond acceptors (Lipinski definition) is 7. The largest absolute Gasteiger partial charge is 0.493 e. The van der Waals surface area contributed by atoms with Crippen LogP contribution in [0.2, 0.25) is 0 Å². The standard InChI is InChI=1S/C24H26N2O5S2/c1-15(2)14-31-19-9-8-16(10-20(19)30-3)11-21-23(28)26(24(29)33-21)13-22(27)25-17-6-5-7-18(12-17)32-4/h5-12,15H,13-14H2,1-4H3,(H,25,27)/b21-11-. The number of hydrogen-bond donors (Lipinski definition) is 1. The molecule has 0 atom stereocenters. The Kier molecular flexibility index (Phi) is 8.46. The number of amides is 3. The van der Waals surface area contributed by atoms with Crippen molar-refractivity contribution in [2.75, 3.05) is 31.8 Å². The quantitative estimate of drug-likeness (QED) is 0.389. The van der Waals surface area contributed by atoms with Crippen LogP contribution in [-0.4, -0.2) is 48.5 Å². The Bertz CT molecular complexity index is 1080. The molecule has 2 aromatic rings. The number of benzene rings is 2. The van der Waals surface area contributed by atoms with Crippen LogP contribution in [0.1, 0.15) is 19.4 Å². The van der Waals surface area contributed by atoms with Gasteiger partial charge < -0.3 is 14.8 Å². The molecule has 1 fully saturated rings. The van der Waals surface area contributed by atoms with Crippen molar-refractivity contribution in [2.24, 2.45) is 5.92 Å². The highest BCUT2D eigenvalue weighted by Crippen LogP contribution is 2.34. The number of nitrogens with zero attached hydrogens (tertiary/aromatic N) is 1. The highest BCUT2D eigenvalue weighted by molar-refractivity contribution is 8.18. The molecule has 2 aromatic carbocycles. The molecule has 0 aliphatic carbocycles. The van der Waals surface area contributed by atoms with Crippen LogP contribution < -0.4 is 14.8 Å². The molecule has 1 heterocycles. The number of carbonyl (C=O) groups is 3. The van der Waals surface area contributed by atoms with Crippen LogP contribution in [0, 0.1) is 5.92 Å². The van der Waals surface area contributed by atoms with Crippen LogP contribution in [0.25, 0.3) is 6.08 Å². The Morgan fingerprint density at radius 3 is 2.67 bits per heavy atom. The third-order valence-electron chi connectivity index (χ3n) is 4.59. The van der Waals surface area contributed by atoms with Crippen LogP contribution in [-0.2, 0) is 9.59 Å². The van der Waals surface area contributed by atoms with E-state index >= 15 is 0 Å². The molecule has 1 N–H and O–H groups in total. The second-order valence-corrected chi connectivity index (χ2v) is 9.54. The fourth-order valence-electron chi connectivity index (χ4n) is 2.98. The topological polar surface area (TPSA) is 84.9 Å². The first kappa shape index (κ1) is 24.7. The first-order valence-corrected chi connectivity index (χ1v) is 12.3. The molecule has 174 valence electrons. The van der Waals surface area contributed by atoms with Gasteiger partial charge in [0.05, 0.1) is 18.6 Å². The van der Waals surface area contributed by atoms with E-state index in [1.54, 1.807) is 49.2 Å². The average Bonchev–Trinajstić information content (AvgIpc) is 3.05. The van der Waals surface area contributed by atoms with Crippen molar-refractivity contribution in [3.63, 3.8) is 0 Å². The van der Waals surface area contributed by atoms with Gasteiger partial charge in [-0.2, -0.15) is 0 Å². The van der Waals surface area contributed by atoms with Gasteiger partial charge in [-0.15, -0.1) is 11.8 Å². The number of ether oxygens (including phenoxy) is 2. The summed E-state index contributed by atoms with van der Waals surface area (Å²) in [6, 6.07) is 12.7. The summed E-state index contributed by atoms with van der Waals surface area (Å²) in [6.45, 7) is 4.31. The van der Waals surface area contributed by atoms with Crippen molar-refractivity contribution in [1.29, 1.82) is 0 Å². The molecule has 0 unspecified atom stereocenters. The Labute approximate surface area is 201 Å². The van der Waals surface area contributed by atoms with Crippen molar-refractivity contribution < 1.29 is 23.9 Å². The molecule has 33 heavy (non-hydrogen) atoms. The number of imide groups is 1. The van der Waals surface area contributed by atoms with Gasteiger partial charge in [0.2, 0.25) is 5.91 Å². The predicted molar refractivity (Wildman–Crippen MR) is 133 cm³/mol. The smallest absolute Gasteiger partial charge is 0.294 e. The second-order valence-electron chi connectivity index (χ2n) is 7.66. The van der Waals surface area contributed by atoms with E-state index in [1.807, 2.05) is 24.5 Å². The summed E-state index contributed by atoms with van der Waals surface area (Å²) >= 11 is 2.36. The van der Waals surface area contributed by atoms with E-state index in [0.717, 1.165) is 21.6 Å². The molecule has 3 amide bonds. The number of rotatable bonds is 9. The fraction of sp³-hybridized carbons (Fsp3) is 0.292. The van der Waals surface area contributed by atoms with Crippen molar-refractivity contribution in [2.45, 2.75) is 18.7 Å². The van der Waals surface area contributed by atoms with Crippen molar-refractivity contribution in [3.05, 3.63) is 52.9 Å². The molecule has 1 aliphatic rings. The summed E-state index contributed by atoms with van der Waals surface area (Å²) < 4.78 is 11.2. The minimum absolute atomic E-state index is 0.245. The van der Waals surface area contributed by atoms with Gasteiger partial charge in [-0.25, -0.2) is 0 Å². The SMILES string of the molecule is COc1cc(/C=C2\SC(=O)N(CC(=O)Nc3cccc(SC)c3)C2=O)ccc1OCC(C)C. The maximum Gasteiger partial charge on any atom is 0.294 e. The third-order valence-corrected chi connectivity index (χ3v) is 6.22. The van der Waals surface area contributed by atoms with Gasteiger partial charge in [-0.1, -0.05) is 26.0 Å². The number of methoxy groups -OCH3 is 1. The fourth-order valence-corrected chi connectivity index (χ4v) is 4.28. The van der Waals surface area contributed by atoms with Crippen LogP contribution in [0.15, 0.2) is 52.3 Å². The summed E-state index contributed by atoms with van der Waals surface area (Å²) in [5.74, 6) is 0.573. The van der Waals surface area contributed by atoms with E-state index in [9.17, 15) is 14.4 Å². The van der Waals surface area contributed by atoms with Gasteiger partial charge in [-0.05, 0) is 65.9 Å². The van der Waals surface area contributed by atoms with Crippen LogP contribution in [0.5, 0.6) is 11.5 Å². The maximum atomic E-state index is 12.8. The number of thioether (sulfide) groups is 2. The Morgan fingerprint density at radius 2 is 1.97 bits per heavy atom. The number of anilines is 1. The summed E-state index contributed by atoms with van der Waals surface area (Å²) in [6.07, 6.45) is 3.55. The van der Waals surface area contributed by atoms with Crippen molar-refractivity contribution in [3.8, 4) is 11.5 Å². The third kappa shape index (κ3) is 6.55. The second kappa shape index (κ2) is 11.3. The van der Waals surface area contributed by atoms with E-state index in [0.29, 0.717) is 35.3 Å². The van der Waals surface area contributed by atoms with E-state index < -0.39 is 17.1 Å². The predicted octanol–water partition coefficient (Wildman–Crippen LogP) is 5.13. The molecule has 0 saturated carbocycles. The lowest BCUT2D eigenvalue weighted by Crippen LogP contribution is -2.36. The van der Waals surface area contributed by atoms with E-state index in [2.05, 4.69) is 19.2 Å². The molecular weight excluding hydrogens is 460 g/mol. The lowest BCUT2D eigenvalue weighted by Gasteiger charge is -2.13. The van der Waals surface area contributed by atoms with Gasteiger partial charge in [0, 0.05) is 10.6 Å².